The molecule has 120 valence electrons. The highest BCUT2D eigenvalue weighted by atomic mass is 16.5. The standard InChI is InChI=1S/C17H18N2O4/c20-10-17-9-19(7-13(17)8-22-11-17)16(21)14-6-15(23-18-14)12-4-2-1-3-5-12/h1-6,13,20H,7-11H2/t13-,17-/m0/s1. The molecule has 0 bridgehead atoms. The molecule has 2 fully saturated rings. The first kappa shape index (κ1) is 14.4. The monoisotopic (exact) mass is 314 g/mol. The van der Waals surface area contributed by atoms with Crippen LogP contribution in [0.2, 0.25) is 0 Å². The van der Waals surface area contributed by atoms with E-state index in [2.05, 4.69) is 5.16 Å². The van der Waals surface area contributed by atoms with Gasteiger partial charge in [-0.2, -0.15) is 0 Å². The molecular formula is C17H18N2O4. The van der Waals surface area contributed by atoms with Crippen LogP contribution < -0.4 is 0 Å². The van der Waals surface area contributed by atoms with Crippen molar-refractivity contribution < 1.29 is 19.2 Å². The van der Waals surface area contributed by atoms with Crippen LogP contribution in [0.3, 0.4) is 0 Å². The second-order valence-corrected chi connectivity index (χ2v) is 6.36. The predicted molar refractivity (Wildman–Crippen MR) is 81.7 cm³/mol. The molecular weight excluding hydrogens is 296 g/mol. The van der Waals surface area contributed by atoms with E-state index in [4.69, 9.17) is 9.26 Å². The van der Waals surface area contributed by atoms with Gasteiger partial charge in [0, 0.05) is 36.1 Å². The van der Waals surface area contributed by atoms with E-state index in [0.29, 0.717) is 37.8 Å². The topological polar surface area (TPSA) is 75.8 Å². The molecule has 2 aromatic rings. The lowest BCUT2D eigenvalue weighted by atomic mass is 9.82. The van der Waals surface area contributed by atoms with Crippen molar-refractivity contribution >= 4 is 5.91 Å². The van der Waals surface area contributed by atoms with Crippen molar-refractivity contribution in [3.05, 3.63) is 42.1 Å². The summed E-state index contributed by atoms with van der Waals surface area (Å²) in [6.07, 6.45) is 0. The maximum atomic E-state index is 12.7. The molecule has 1 aromatic carbocycles. The summed E-state index contributed by atoms with van der Waals surface area (Å²) in [6.45, 7) is 2.23. The highest BCUT2D eigenvalue weighted by molar-refractivity contribution is 5.93. The van der Waals surface area contributed by atoms with Crippen LogP contribution in [0.1, 0.15) is 10.5 Å². The van der Waals surface area contributed by atoms with Gasteiger partial charge in [-0.3, -0.25) is 4.79 Å². The normalized spacial score (nSPS) is 26.5. The van der Waals surface area contributed by atoms with E-state index in [1.807, 2.05) is 30.3 Å². The molecule has 6 nitrogen and oxygen atoms in total. The summed E-state index contributed by atoms with van der Waals surface area (Å²) in [7, 11) is 0. The summed E-state index contributed by atoms with van der Waals surface area (Å²) in [6, 6.07) is 11.2. The number of aliphatic hydroxyl groups excluding tert-OH is 1. The highest BCUT2D eigenvalue weighted by Crippen LogP contribution is 2.41. The number of hydrogen-bond acceptors (Lipinski definition) is 5. The van der Waals surface area contributed by atoms with E-state index < -0.39 is 0 Å². The molecule has 1 N–H and O–H groups in total. The van der Waals surface area contributed by atoms with Gasteiger partial charge in [-0.25, -0.2) is 0 Å². The highest BCUT2D eigenvalue weighted by Gasteiger charge is 2.51. The maximum Gasteiger partial charge on any atom is 0.276 e. The number of amides is 1. The Kier molecular flexibility index (Phi) is 3.43. The SMILES string of the molecule is O=C(c1cc(-c2ccccc2)on1)N1C[C@H]2COC[C@@]2(CO)C1. The zero-order valence-corrected chi connectivity index (χ0v) is 12.6. The molecule has 2 aliphatic heterocycles. The lowest BCUT2D eigenvalue weighted by molar-refractivity contribution is 0.0623. The number of ether oxygens (including phenoxy) is 1. The Balaban J connectivity index is 1.53. The van der Waals surface area contributed by atoms with Crippen molar-refractivity contribution in [3.63, 3.8) is 0 Å². The average Bonchev–Trinajstić information content (AvgIpc) is 3.28. The van der Waals surface area contributed by atoms with Gasteiger partial charge in [0.05, 0.1) is 19.8 Å². The van der Waals surface area contributed by atoms with Crippen LogP contribution in [-0.4, -0.2) is 54.0 Å². The fourth-order valence-electron chi connectivity index (χ4n) is 3.49. The van der Waals surface area contributed by atoms with E-state index >= 15 is 0 Å². The van der Waals surface area contributed by atoms with Crippen molar-refractivity contribution in [2.24, 2.45) is 11.3 Å². The second kappa shape index (κ2) is 5.47. The lowest BCUT2D eigenvalue weighted by Gasteiger charge is -2.23. The third-order valence-electron chi connectivity index (χ3n) is 4.91. The van der Waals surface area contributed by atoms with Crippen LogP contribution in [0.25, 0.3) is 11.3 Å². The van der Waals surface area contributed by atoms with Gasteiger partial charge in [-0.1, -0.05) is 35.5 Å². The average molecular weight is 314 g/mol. The van der Waals surface area contributed by atoms with Gasteiger partial charge >= 0.3 is 0 Å². The van der Waals surface area contributed by atoms with Gasteiger partial charge < -0.3 is 19.3 Å². The van der Waals surface area contributed by atoms with Crippen LogP contribution in [0.15, 0.2) is 40.9 Å². The summed E-state index contributed by atoms with van der Waals surface area (Å²) < 4.78 is 10.8. The molecule has 1 amide bonds. The number of nitrogens with zero attached hydrogens (tertiary/aromatic N) is 2. The maximum absolute atomic E-state index is 12.7. The number of rotatable bonds is 3. The van der Waals surface area contributed by atoms with Crippen LogP contribution >= 0.6 is 0 Å². The minimum absolute atomic E-state index is 0.0372. The van der Waals surface area contributed by atoms with Gasteiger partial charge in [0.1, 0.15) is 0 Å². The van der Waals surface area contributed by atoms with Gasteiger partial charge in [0.2, 0.25) is 0 Å². The fourth-order valence-corrected chi connectivity index (χ4v) is 3.49. The van der Waals surface area contributed by atoms with Crippen LogP contribution in [0.5, 0.6) is 0 Å². The van der Waals surface area contributed by atoms with E-state index in [1.54, 1.807) is 11.0 Å². The summed E-state index contributed by atoms with van der Waals surface area (Å²) in [5, 5.41) is 13.6. The van der Waals surface area contributed by atoms with Crippen LogP contribution in [-0.2, 0) is 4.74 Å². The van der Waals surface area contributed by atoms with Crippen molar-refractivity contribution in [1.82, 2.24) is 10.1 Å². The molecule has 6 heteroatoms. The number of carbonyl (C=O) groups is 1. The van der Waals surface area contributed by atoms with Crippen molar-refractivity contribution in [2.75, 3.05) is 32.9 Å². The molecule has 4 rings (SSSR count). The van der Waals surface area contributed by atoms with Crippen molar-refractivity contribution in [1.29, 1.82) is 0 Å². The van der Waals surface area contributed by atoms with Gasteiger partial charge in [-0.15, -0.1) is 0 Å². The number of hydrogen-bond donors (Lipinski definition) is 1. The zero-order chi connectivity index (χ0) is 15.9. The number of likely N-dealkylation sites (tertiary alicyclic amines) is 1. The fraction of sp³-hybridized carbons (Fsp3) is 0.412. The van der Waals surface area contributed by atoms with E-state index in [1.165, 1.54) is 0 Å². The molecule has 1 aromatic heterocycles. The second-order valence-electron chi connectivity index (χ2n) is 6.36. The first-order chi connectivity index (χ1) is 11.2. The molecule has 2 aliphatic rings. The number of fused-ring (bicyclic) bond motifs is 1. The Morgan fingerprint density at radius 2 is 2.22 bits per heavy atom. The van der Waals surface area contributed by atoms with Crippen molar-refractivity contribution in [2.45, 2.75) is 0 Å². The number of carbonyl (C=O) groups excluding carboxylic acids is 1. The molecule has 0 saturated carbocycles. The van der Waals surface area contributed by atoms with Gasteiger partial charge in [0.15, 0.2) is 11.5 Å². The van der Waals surface area contributed by atoms with E-state index in [0.717, 1.165) is 5.56 Å². The van der Waals surface area contributed by atoms with E-state index in [9.17, 15) is 9.90 Å². The Bertz CT molecular complexity index is 714. The number of aromatic nitrogens is 1. The zero-order valence-electron chi connectivity index (χ0n) is 12.6. The molecule has 2 saturated heterocycles. The minimum Gasteiger partial charge on any atom is -0.396 e. The Morgan fingerprint density at radius 1 is 1.39 bits per heavy atom. The lowest BCUT2D eigenvalue weighted by Crippen LogP contribution is -2.36. The molecule has 0 spiro atoms. The minimum atomic E-state index is -0.318. The number of benzene rings is 1. The summed E-state index contributed by atoms with van der Waals surface area (Å²) in [5.41, 5.74) is 0.872. The Hall–Kier alpha value is -2.18. The molecule has 0 radical (unpaired) electrons. The molecule has 0 aliphatic carbocycles. The first-order valence-electron chi connectivity index (χ1n) is 7.72. The molecule has 0 unspecified atom stereocenters. The molecule has 3 heterocycles. The molecule has 2 atom stereocenters. The predicted octanol–water partition coefficient (Wildman–Crippen LogP) is 1.42. The summed E-state index contributed by atoms with van der Waals surface area (Å²) in [5.74, 6) is 0.614. The van der Waals surface area contributed by atoms with Crippen molar-refractivity contribution in [3.8, 4) is 11.3 Å². The van der Waals surface area contributed by atoms with Gasteiger partial charge in [-0.05, 0) is 0 Å². The van der Waals surface area contributed by atoms with Crippen LogP contribution in [0, 0.1) is 11.3 Å². The smallest absolute Gasteiger partial charge is 0.276 e. The third kappa shape index (κ3) is 2.34. The summed E-state index contributed by atoms with van der Waals surface area (Å²) >= 11 is 0. The van der Waals surface area contributed by atoms with Crippen LogP contribution in [0.4, 0.5) is 0 Å². The summed E-state index contributed by atoms with van der Waals surface area (Å²) in [4.78, 5) is 14.4. The Labute approximate surface area is 133 Å². The first-order valence-corrected chi connectivity index (χ1v) is 7.72. The van der Waals surface area contributed by atoms with Gasteiger partial charge in [0.25, 0.3) is 5.91 Å². The Morgan fingerprint density at radius 3 is 2.96 bits per heavy atom. The third-order valence-corrected chi connectivity index (χ3v) is 4.91. The van der Waals surface area contributed by atoms with E-state index in [-0.39, 0.29) is 23.8 Å². The molecule has 23 heavy (non-hydrogen) atoms. The largest absolute Gasteiger partial charge is 0.396 e. The quantitative estimate of drug-likeness (QED) is 0.927. The number of aliphatic hydroxyl groups is 1.